The van der Waals surface area contributed by atoms with Gasteiger partial charge in [0.05, 0.1) is 17.9 Å². The highest BCUT2D eigenvalue weighted by Gasteiger charge is 2.18. The molecule has 0 bridgehead atoms. The van der Waals surface area contributed by atoms with Crippen molar-refractivity contribution in [1.82, 2.24) is 20.3 Å². The second-order valence-corrected chi connectivity index (χ2v) is 3.61. The largest absolute Gasteiger partial charge is 0.389 e. The lowest BCUT2D eigenvalue weighted by Crippen LogP contribution is -2.29. The Kier molecular flexibility index (Phi) is 3.14. The molecule has 6 heteroatoms. The first-order valence-electron chi connectivity index (χ1n) is 5.02. The van der Waals surface area contributed by atoms with Gasteiger partial charge >= 0.3 is 0 Å². The summed E-state index contributed by atoms with van der Waals surface area (Å²) in [5.74, 6) is 0. The maximum absolute atomic E-state index is 9.85. The van der Waals surface area contributed by atoms with Crippen molar-refractivity contribution >= 4 is 11.2 Å². The molecule has 2 aromatic rings. The number of rotatable bonds is 4. The predicted molar refractivity (Wildman–Crippen MR) is 58.8 cm³/mol. The zero-order valence-corrected chi connectivity index (χ0v) is 8.88. The summed E-state index contributed by atoms with van der Waals surface area (Å²) < 4.78 is 0. The lowest BCUT2D eigenvalue weighted by molar-refractivity contribution is 0.0201. The molecule has 0 fully saturated rings. The van der Waals surface area contributed by atoms with Crippen LogP contribution in [0.1, 0.15) is 11.7 Å². The molecule has 0 aliphatic rings. The molecule has 16 heavy (non-hydrogen) atoms. The SMILES string of the molecule is CNCC(O)C(O)c1cnc2nc[nH]c2c1. The summed E-state index contributed by atoms with van der Waals surface area (Å²) in [6, 6.07) is 1.74. The third kappa shape index (κ3) is 2.04. The van der Waals surface area contributed by atoms with Crippen molar-refractivity contribution in [3.8, 4) is 0 Å². The van der Waals surface area contributed by atoms with Crippen LogP contribution in [0, 0.1) is 0 Å². The Balaban J connectivity index is 2.24. The number of aromatic amines is 1. The molecule has 2 unspecified atom stereocenters. The number of hydrogen-bond donors (Lipinski definition) is 4. The molecule has 0 aromatic carbocycles. The number of likely N-dealkylation sites (N-methyl/N-ethyl adjacent to an activating group) is 1. The molecule has 6 nitrogen and oxygen atoms in total. The van der Waals surface area contributed by atoms with Crippen molar-refractivity contribution in [3.63, 3.8) is 0 Å². The Labute approximate surface area is 92.4 Å². The van der Waals surface area contributed by atoms with Crippen molar-refractivity contribution < 1.29 is 10.2 Å². The maximum atomic E-state index is 9.85. The Morgan fingerprint density at radius 1 is 1.44 bits per heavy atom. The minimum Gasteiger partial charge on any atom is -0.389 e. The number of H-pyrrole nitrogens is 1. The molecule has 2 heterocycles. The van der Waals surface area contributed by atoms with E-state index in [1.807, 2.05) is 0 Å². The highest BCUT2D eigenvalue weighted by molar-refractivity contribution is 5.70. The van der Waals surface area contributed by atoms with Crippen LogP contribution in [0.3, 0.4) is 0 Å². The average molecular weight is 222 g/mol. The van der Waals surface area contributed by atoms with Crippen LogP contribution >= 0.6 is 0 Å². The van der Waals surface area contributed by atoms with E-state index in [9.17, 15) is 10.2 Å². The van der Waals surface area contributed by atoms with Gasteiger partial charge in [-0.1, -0.05) is 0 Å². The van der Waals surface area contributed by atoms with E-state index in [1.165, 1.54) is 12.5 Å². The molecule has 4 N–H and O–H groups in total. The predicted octanol–water partition coefficient (Wildman–Crippen LogP) is -0.428. The normalized spacial score (nSPS) is 15.2. The van der Waals surface area contributed by atoms with Crippen molar-refractivity contribution in [3.05, 3.63) is 24.2 Å². The van der Waals surface area contributed by atoms with E-state index in [0.717, 1.165) is 5.52 Å². The summed E-state index contributed by atoms with van der Waals surface area (Å²) in [5.41, 5.74) is 1.91. The monoisotopic (exact) mass is 222 g/mol. The first kappa shape index (κ1) is 11.0. The van der Waals surface area contributed by atoms with Gasteiger partial charge in [0.1, 0.15) is 6.10 Å². The third-order valence-corrected chi connectivity index (χ3v) is 2.41. The molecule has 0 aliphatic carbocycles. The Hall–Kier alpha value is -1.50. The highest BCUT2D eigenvalue weighted by Crippen LogP contribution is 2.18. The molecule has 86 valence electrons. The number of nitrogens with one attached hydrogen (secondary N) is 2. The lowest BCUT2D eigenvalue weighted by atomic mass is 10.1. The van der Waals surface area contributed by atoms with Gasteiger partial charge in [-0.2, -0.15) is 0 Å². The van der Waals surface area contributed by atoms with Crippen LogP contribution in [0.15, 0.2) is 18.6 Å². The van der Waals surface area contributed by atoms with Gasteiger partial charge in [-0.05, 0) is 13.1 Å². The Bertz CT molecular complexity index is 471. The standard InChI is InChI=1S/C10H14N4O2/c1-11-4-8(15)9(16)6-2-7-10(12-3-6)14-5-13-7/h2-3,5,8-9,11,15-16H,4H2,1H3,(H,12,13,14). The number of aliphatic hydroxyl groups is 2. The number of fused-ring (bicyclic) bond motifs is 1. The fourth-order valence-electron chi connectivity index (χ4n) is 1.55. The van der Waals surface area contributed by atoms with Gasteiger partial charge in [0.25, 0.3) is 0 Å². The molecule has 2 atom stereocenters. The number of pyridine rings is 1. The van der Waals surface area contributed by atoms with Crippen molar-refractivity contribution in [2.45, 2.75) is 12.2 Å². The first-order valence-corrected chi connectivity index (χ1v) is 5.02. The van der Waals surface area contributed by atoms with Gasteiger partial charge in [-0.25, -0.2) is 9.97 Å². The third-order valence-electron chi connectivity index (χ3n) is 2.41. The fourth-order valence-corrected chi connectivity index (χ4v) is 1.55. The van der Waals surface area contributed by atoms with Gasteiger partial charge in [-0.3, -0.25) is 0 Å². The summed E-state index contributed by atoms with van der Waals surface area (Å²) in [7, 11) is 1.71. The van der Waals surface area contributed by atoms with E-state index in [0.29, 0.717) is 17.8 Å². The lowest BCUT2D eigenvalue weighted by Gasteiger charge is -2.17. The van der Waals surface area contributed by atoms with Crippen LogP contribution in [-0.4, -0.2) is 44.9 Å². The van der Waals surface area contributed by atoms with Crippen LogP contribution < -0.4 is 5.32 Å². The molecule has 0 aliphatic heterocycles. The molecular formula is C10H14N4O2. The quantitative estimate of drug-likeness (QED) is 0.563. The maximum Gasteiger partial charge on any atom is 0.177 e. The van der Waals surface area contributed by atoms with Gasteiger partial charge in [0.15, 0.2) is 5.65 Å². The molecule has 0 saturated heterocycles. The van der Waals surface area contributed by atoms with Gasteiger partial charge in [-0.15, -0.1) is 0 Å². The molecule has 2 rings (SSSR count). The van der Waals surface area contributed by atoms with Crippen molar-refractivity contribution in [2.75, 3.05) is 13.6 Å². The molecular weight excluding hydrogens is 208 g/mol. The number of aliphatic hydroxyl groups excluding tert-OH is 2. The minimum absolute atomic E-state index is 0.322. The zero-order valence-electron chi connectivity index (χ0n) is 8.88. The van der Waals surface area contributed by atoms with Crippen LogP contribution in [0.4, 0.5) is 0 Å². The average Bonchev–Trinajstić information content (AvgIpc) is 2.75. The topological polar surface area (TPSA) is 94.1 Å². The molecule has 0 saturated carbocycles. The molecule has 0 radical (unpaired) electrons. The molecule has 0 spiro atoms. The summed E-state index contributed by atoms with van der Waals surface area (Å²) in [4.78, 5) is 11.0. The summed E-state index contributed by atoms with van der Waals surface area (Å²) in [6.07, 6.45) is 1.25. The first-order chi connectivity index (χ1) is 7.72. The van der Waals surface area contributed by atoms with E-state index < -0.39 is 12.2 Å². The zero-order chi connectivity index (χ0) is 11.5. The number of nitrogens with zero attached hydrogens (tertiary/aromatic N) is 2. The van der Waals surface area contributed by atoms with E-state index in [1.54, 1.807) is 13.1 Å². The Morgan fingerprint density at radius 2 is 2.25 bits per heavy atom. The van der Waals surface area contributed by atoms with Gasteiger partial charge in [0, 0.05) is 18.3 Å². The van der Waals surface area contributed by atoms with E-state index in [2.05, 4.69) is 20.3 Å². The summed E-state index contributed by atoms with van der Waals surface area (Å²) in [5, 5.41) is 22.3. The van der Waals surface area contributed by atoms with E-state index in [-0.39, 0.29) is 0 Å². The number of imidazole rings is 1. The second kappa shape index (κ2) is 4.56. The van der Waals surface area contributed by atoms with Gasteiger partial charge in [0.2, 0.25) is 0 Å². The van der Waals surface area contributed by atoms with Gasteiger partial charge < -0.3 is 20.5 Å². The minimum atomic E-state index is -0.951. The molecule has 0 amide bonds. The van der Waals surface area contributed by atoms with Crippen molar-refractivity contribution in [1.29, 1.82) is 0 Å². The fraction of sp³-hybridized carbons (Fsp3) is 0.400. The second-order valence-electron chi connectivity index (χ2n) is 3.61. The van der Waals surface area contributed by atoms with E-state index >= 15 is 0 Å². The Morgan fingerprint density at radius 3 is 3.00 bits per heavy atom. The van der Waals surface area contributed by atoms with Crippen LogP contribution in [0.25, 0.3) is 11.2 Å². The van der Waals surface area contributed by atoms with Crippen LogP contribution in [0.2, 0.25) is 0 Å². The number of aromatic nitrogens is 3. The van der Waals surface area contributed by atoms with E-state index in [4.69, 9.17) is 0 Å². The summed E-state index contributed by atoms with van der Waals surface area (Å²) >= 11 is 0. The smallest absolute Gasteiger partial charge is 0.177 e. The summed E-state index contributed by atoms with van der Waals surface area (Å²) in [6.45, 7) is 0.322. The van der Waals surface area contributed by atoms with Crippen LogP contribution in [-0.2, 0) is 0 Å². The molecule has 2 aromatic heterocycles. The van der Waals surface area contributed by atoms with Crippen molar-refractivity contribution in [2.24, 2.45) is 0 Å². The number of hydrogen-bond acceptors (Lipinski definition) is 5. The van der Waals surface area contributed by atoms with Crippen LogP contribution in [0.5, 0.6) is 0 Å². The highest BCUT2D eigenvalue weighted by atomic mass is 16.3.